The summed E-state index contributed by atoms with van der Waals surface area (Å²) in [5, 5.41) is 0.619. The van der Waals surface area contributed by atoms with Gasteiger partial charge in [-0.25, -0.2) is 4.98 Å². The molecule has 1 aliphatic carbocycles. The van der Waals surface area contributed by atoms with Gasteiger partial charge in [0.15, 0.2) is 0 Å². The van der Waals surface area contributed by atoms with E-state index in [2.05, 4.69) is 20.9 Å². The molecule has 1 aromatic heterocycles. The van der Waals surface area contributed by atoms with Crippen LogP contribution >= 0.6 is 11.6 Å². The molecule has 21 heavy (non-hydrogen) atoms. The third-order valence-electron chi connectivity index (χ3n) is 5.69. The van der Waals surface area contributed by atoms with E-state index in [0.29, 0.717) is 23.3 Å². The van der Waals surface area contributed by atoms with E-state index < -0.39 is 0 Å². The number of pyridine rings is 1. The van der Waals surface area contributed by atoms with E-state index in [1.165, 1.54) is 31.4 Å². The van der Waals surface area contributed by atoms with E-state index in [0.717, 1.165) is 31.4 Å². The standard InChI is InChI=1S/C16H20ClN3O/c17-15-5-13(19-8-14-2-1-11(19)9-21-14)6-16(18-15)20-7-10-3-12(20)4-10/h5-6,10-12,14H,1-4,7-9H2/t10?,11-,12?,14-/m0/s1. The number of ether oxygens (including phenoxy) is 1. The van der Waals surface area contributed by atoms with Crippen LogP contribution in [0.5, 0.6) is 0 Å². The van der Waals surface area contributed by atoms with Crippen LogP contribution in [0.1, 0.15) is 25.7 Å². The molecule has 5 aliphatic heterocycles. The molecule has 6 fully saturated rings. The normalized spacial score (nSPS) is 37.0. The molecule has 0 amide bonds. The Balaban J connectivity index is 1.48. The topological polar surface area (TPSA) is 28.6 Å². The SMILES string of the molecule is Clc1cc(N2C[C@@H]3CC[C@H]2CO3)cc(N2CC3CC2C3)n1. The third-order valence-corrected chi connectivity index (χ3v) is 5.88. The molecule has 5 heteroatoms. The highest BCUT2D eigenvalue weighted by Crippen LogP contribution is 2.44. The van der Waals surface area contributed by atoms with E-state index in [1.54, 1.807) is 0 Å². The second-order valence-electron chi connectivity index (χ2n) is 6.99. The van der Waals surface area contributed by atoms with Gasteiger partial charge >= 0.3 is 0 Å². The first kappa shape index (κ1) is 12.5. The van der Waals surface area contributed by atoms with Crippen LogP contribution in [0.3, 0.4) is 0 Å². The summed E-state index contributed by atoms with van der Waals surface area (Å²) in [4.78, 5) is 9.52. The van der Waals surface area contributed by atoms with Crippen LogP contribution in [0.2, 0.25) is 5.15 Å². The van der Waals surface area contributed by atoms with E-state index >= 15 is 0 Å². The summed E-state index contributed by atoms with van der Waals surface area (Å²) in [6.45, 7) is 3.01. The first-order valence-corrected chi connectivity index (χ1v) is 8.46. The summed E-state index contributed by atoms with van der Waals surface area (Å²) in [5.41, 5.74) is 1.23. The van der Waals surface area contributed by atoms with Crippen LogP contribution in [0, 0.1) is 5.92 Å². The summed E-state index contributed by atoms with van der Waals surface area (Å²) < 4.78 is 5.81. The summed E-state index contributed by atoms with van der Waals surface area (Å²) in [6.07, 6.45) is 5.50. The maximum Gasteiger partial charge on any atom is 0.133 e. The lowest BCUT2D eigenvalue weighted by atomic mass is 9.86. The Hall–Kier alpha value is -1.00. The minimum absolute atomic E-state index is 0.394. The van der Waals surface area contributed by atoms with Crippen molar-refractivity contribution in [3.05, 3.63) is 17.3 Å². The van der Waals surface area contributed by atoms with Crippen LogP contribution < -0.4 is 9.80 Å². The number of piperidine rings is 1. The van der Waals surface area contributed by atoms with Crippen LogP contribution in [-0.4, -0.2) is 42.9 Å². The molecule has 4 bridgehead atoms. The second kappa shape index (κ2) is 4.50. The van der Waals surface area contributed by atoms with Crippen LogP contribution in [-0.2, 0) is 4.74 Å². The maximum atomic E-state index is 6.32. The van der Waals surface area contributed by atoms with Gasteiger partial charge in [-0.1, -0.05) is 11.6 Å². The molecule has 1 aromatic rings. The van der Waals surface area contributed by atoms with Crippen molar-refractivity contribution in [2.75, 3.05) is 29.5 Å². The van der Waals surface area contributed by atoms with Crippen molar-refractivity contribution in [3.63, 3.8) is 0 Å². The summed E-state index contributed by atoms with van der Waals surface area (Å²) >= 11 is 6.32. The van der Waals surface area contributed by atoms with Crippen LogP contribution in [0.4, 0.5) is 11.5 Å². The molecule has 0 N–H and O–H groups in total. The Morgan fingerprint density at radius 3 is 2.62 bits per heavy atom. The summed E-state index contributed by atoms with van der Waals surface area (Å²) in [7, 11) is 0. The maximum absolute atomic E-state index is 6.32. The molecule has 6 aliphatic rings. The highest BCUT2D eigenvalue weighted by molar-refractivity contribution is 6.29. The fourth-order valence-electron chi connectivity index (χ4n) is 4.46. The molecule has 7 rings (SSSR count). The van der Waals surface area contributed by atoms with E-state index in [-0.39, 0.29) is 0 Å². The zero-order valence-electron chi connectivity index (χ0n) is 12.0. The monoisotopic (exact) mass is 305 g/mol. The number of nitrogens with zero attached hydrogens (tertiary/aromatic N) is 3. The number of hydrogen-bond acceptors (Lipinski definition) is 4. The lowest BCUT2D eigenvalue weighted by molar-refractivity contribution is -0.0225. The lowest BCUT2D eigenvalue weighted by Crippen LogP contribution is -2.54. The van der Waals surface area contributed by atoms with E-state index in [1.807, 2.05) is 6.07 Å². The molecule has 0 unspecified atom stereocenters. The minimum atomic E-state index is 0.394. The van der Waals surface area contributed by atoms with Crippen molar-refractivity contribution in [2.24, 2.45) is 5.92 Å². The van der Waals surface area contributed by atoms with Crippen molar-refractivity contribution >= 4 is 23.1 Å². The van der Waals surface area contributed by atoms with Gasteiger partial charge in [0.1, 0.15) is 11.0 Å². The first-order chi connectivity index (χ1) is 10.3. The Bertz CT molecular complexity index is 567. The number of anilines is 2. The number of morpholine rings is 1. The van der Waals surface area contributed by atoms with Gasteiger partial charge in [0.05, 0.1) is 18.8 Å². The largest absolute Gasteiger partial charge is 0.374 e. The first-order valence-electron chi connectivity index (χ1n) is 8.09. The quantitative estimate of drug-likeness (QED) is 0.786. The Morgan fingerprint density at radius 2 is 2.00 bits per heavy atom. The Morgan fingerprint density at radius 1 is 1.10 bits per heavy atom. The van der Waals surface area contributed by atoms with Gasteiger partial charge in [0.2, 0.25) is 0 Å². The summed E-state index contributed by atoms with van der Waals surface area (Å²) in [5.74, 6) is 1.96. The molecule has 1 saturated carbocycles. The molecule has 0 aromatic carbocycles. The van der Waals surface area contributed by atoms with Crippen LogP contribution in [0.25, 0.3) is 0 Å². The van der Waals surface area contributed by atoms with Gasteiger partial charge in [0, 0.05) is 30.9 Å². The smallest absolute Gasteiger partial charge is 0.133 e. The number of hydrogen-bond donors (Lipinski definition) is 0. The highest BCUT2D eigenvalue weighted by Gasteiger charge is 2.43. The molecular formula is C16H20ClN3O. The lowest BCUT2D eigenvalue weighted by Gasteiger charge is -2.46. The second-order valence-corrected chi connectivity index (χ2v) is 7.38. The van der Waals surface area contributed by atoms with Gasteiger partial charge in [-0.3, -0.25) is 0 Å². The molecule has 4 nitrogen and oxygen atoms in total. The molecule has 0 spiro atoms. The molecule has 112 valence electrons. The molecule has 0 radical (unpaired) electrons. The zero-order valence-corrected chi connectivity index (χ0v) is 12.8. The average Bonchev–Trinajstić information content (AvgIpc) is 3.08. The predicted octanol–water partition coefficient (Wildman–Crippen LogP) is 2.70. The number of fused-ring (bicyclic) bond motifs is 4. The molecular weight excluding hydrogens is 286 g/mol. The summed E-state index contributed by atoms with van der Waals surface area (Å²) in [6, 6.07) is 5.47. The van der Waals surface area contributed by atoms with Gasteiger partial charge in [0.25, 0.3) is 0 Å². The number of aromatic nitrogens is 1. The van der Waals surface area contributed by atoms with Crippen molar-refractivity contribution in [3.8, 4) is 0 Å². The molecule has 6 heterocycles. The minimum Gasteiger partial charge on any atom is -0.374 e. The zero-order chi connectivity index (χ0) is 14.0. The third kappa shape index (κ3) is 1.95. The predicted molar refractivity (Wildman–Crippen MR) is 83.2 cm³/mol. The van der Waals surface area contributed by atoms with Crippen molar-refractivity contribution in [1.29, 1.82) is 0 Å². The van der Waals surface area contributed by atoms with Gasteiger partial charge < -0.3 is 14.5 Å². The van der Waals surface area contributed by atoms with E-state index in [4.69, 9.17) is 16.3 Å². The molecule has 2 atom stereocenters. The van der Waals surface area contributed by atoms with Crippen molar-refractivity contribution in [2.45, 2.75) is 43.9 Å². The van der Waals surface area contributed by atoms with Gasteiger partial charge in [-0.15, -0.1) is 0 Å². The fraction of sp³-hybridized carbons (Fsp3) is 0.688. The highest BCUT2D eigenvalue weighted by atomic mass is 35.5. The van der Waals surface area contributed by atoms with Crippen molar-refractivity contribution in [1.82, 2.24) is 4.98 Å². The Labute approximate surface area is 130 Å². The number of halogens is 1. The van der Waals surface area contributed by atoms with E-state index in [9.17, 15) is 0 Å². The molecule has 5 saturated heterocycles. The average molecular weight is 306 g/mol. The van der Waals surface area contributed by atoms with Gasteiger partial charge in [-0.2, -0.15) is 0 Å². The number of rotatable bonds is 2. The van der Waals surface area contributed by atoms with Gasteiger partial charge in [-0.05, 0) is 37.7 Å². The van der Waals surface area contributed by atoms with Crippen LogP contribution in [0.15, 0.2) is 12.1 Å². The van der Waals surface area contributed by atoms with Crippen molar-refractivity contribution < 1.29 is 4.74 Å². The fourth-order valence-corrected chi connectivity index (χ4v) is 4.66. The Kier molecular flexibility index (Phi) is 2.68.